The standard InChI is InChI=1S/C20H24N2O3/c1-25-18-10-5-7-15(13-18)19(23)20(24)21-16-8-6-9-17(14-16)22-11-3-2-4-12-22/h5-10,13-14,19,23H,2-4,11-12H2,1H3,(H,21,24). The number of hydrogen-bond acceptors (Lipinski definition) is 4. The molecular formula is C20H24N2O3. The fraction of sp³-hybridized carbons (Fsp3) is 0.350. The summed E-state index contributed by atoms with van der Waals surface area (Å²) in [6.45, 7) is 2.09. The van der Waals surface area contributed by atoms with Gasteiger partial charge in [-0.3, -0.25) is 4.79 Å². The topological polar surface area (TPSA) is 61.8 Å². The van der Waals surface area contributed by atoms with Gasteiger partial charge in [0, 0.05) is 24.5 Å². The van der Waals surface area contributed by atoms with Gasteiger partial charge < -0.3 is 20.1 Å². The molecule has 1 atom stereocenters. The van der Waals surface area contributed by atoms with Gasteiger partial charge in [-0.1, -0.05) is 18.2 Å². The molecule has 0 aliphatic carbocycles. The molecular weight excluding hydrogens is 316 g/mol. The lowest BCUT2D eigenvalue weighted by atomic mass is 10.1. The smallest absolute Gasteiger partial charge is 0.257 e. The van der Waals surface area contributed by atoms with Gasteiger partial charge in [-0.05, 0) is 55.2 Å². The van der Waals surface area contributed by atoms with Crippen LogP contribution < -0.4 is 15.0 Å². The Morgan fingerprint density at radius 3 is 2.64 bits per heavy atom. The highest BCUT2D eigenvalue weighted by Crippen LogP contribution is 2.25. The first-order valence-corrected chi connectivity index (χ1v) is 8.65. The van der Waals surface area contributed by atoms with Crippen LogP contribution in [0.3, 0.4) is 0 Å². The molecule has 0 bridgehead atoms. The van der Waals surface area contributed by atoms with Crippen molar-refractivity contribution in [3.8, 4) is 5.75 Å². The van der Waals surface area contributed by atoms with Gasteiger partial charge in [-0.2, -0.15) is 0 Å². The van der Waals surface area contributed by atoms with Gasteiger partial charge in [0.05, 0.1) is 7.11 Å². The Kier molecular flexibility index (Phi) is 5.56. The quantitative estimate of drug-likeness (QED) is 0.876. The van der Waals surface area contributed by atoms with E-state index >= 15 is 0 Å². The van der Waals surface area contributed by atoms with Crippen LogP contribution in [0.5, 0.6) is 5.75 Å². The van der Waals surface area contributed by atoms with Gasteiger partial charge in [0.2, 0.25) is 0 Å². The van der Waals surface area contributed by atoms with Crippen LogP contribution in [0.2, 0.25) is 0 Å². The summed E-state index contributed by atoms with van der Waals surface area (Å²) in [5.41, 5.74) is 2.30. The number of piperidine rings is 1. The van der Waals surface area contributed by atoms with Gasteiger partial charge in [-0.25, -0.2) is 0 Å². The summed E-state index contributed by atoms with van der Waals surface area (Å²) in [6, 6.07) is 14.7. The average Bonchev–Trinajstić information content (AvgIpc) is 2.68. The zero-order chi connectivity index (χ0) is 17.6. The molecule has 1 aliphatic rings. The SMILES string of the molecule is COc1cccc(C(O)C(=O)Nc2cccc(N3CCCCC3)c2)c1. The predicted molar refractivity (Wildman–Crippen MR) is 99.1 cm³/mol. The molecule has 132 valence electrons. The first-order chi connectivity index (χ1) is 12.2. The monoisotopic (exact) mass is 340 g/mol. The minimum atomic E-state index is -1.24. The number of benzene rings is 2. The van der Waals surface area contributed by atoms with Crippen LogP contribution >= 0.6 is 0 Å². The Labute approximate surface area is 148 Å². The Hall–Kier alpha value is -2.53. The molecule has 0 saturated carbocycles. The van der Waals surface area contributed by atoms with Crippen LogP contribution in [-0.2, 0) is 4.79 Å². The lowest BCUT2D eigenvalue weighted by molar-refractivity contribution is -0.124. The van der Waals surface area contributed by atoms with E-state index in [1.165, 1.54) is 19.3 Å². The van der Waals surface area contributed by atoms with E-state index in [-0.39, 0.29) is 0 Å². The molecule has 5 heteroatoms. The Balaban J connectivity index is 1.69. The maximum absolute atomic E-state index is 12.4. The summed E-state index contributed by atoms with van der Waals surface area (Å²) in [6.07, 6.45) is 2.43. The van der Waals surface area contributed by atoms with E-state index in [9.17, 15) is 9.90 Å². The maximum Gasteiger partial charge on any atom is 0.257 e. The lowest BCUT2D eigenvalue weighted by Crippen LogP contribution is -2.29. The molecule has 1 aliphatic heterocycles. The van der Waals surface area contributed by atoms with E-state index in [4.69, 9.17) is 4.74 Å². The largest absolute Gasteiger partial charge is 0.497 e. The number of amides is 1. The Morgan fingerprint density at radius 2 is 1.88 bits per heavy atom. The second-order valence-electron chi connectivity index (χ2n) is 6.27. The molecule has 25 heavy (non-hydrogen) atoms. The van der Waals surface area contributed by atoms with Gasteiger partial charge in [0.1, 0.15) is 5.75 Å². The number of carbonyl (C=O) groups excluding carboxylic acids is 1. The third kappa shape index (κ3) is 4.31. The van der Waals surface area contributed by atoms with Crippen molar-refractivity contribution in [2.24, 2.45) is 0 Å². The molecule has 0 spiro atoms. The molecule has 1 heterocycles. The third-order valence-electron chi connectivity index (χ3n) is 4.49. The fourth-order valence-corrected chi connectivity index (χ4v) is 3.11. The van der Waals surface area contributed by atoms with Gasteiger partial charge >= 0.3 is 0 Å². The number of nitrogens with zero attached hydrogens (tertiary/aromatic N) is 1. The van der Waals surface area contributed by atoms with Crippen molar-refractivity contribution in [2.45, 2.75) is 25.4 Å². The van der Waals surface area contributed by atoms with E-state index in [0.717, 1.165) is 18.8 Å². The van der Waals surface area contributed by atoms with Gasteiger partial charge in [0.25, 0.3) is 5.91 Å². The summed E-state index contributed by atoms with van der Waals surface area (Å²) in [7, 11) is 1.55. The number of hydrogen-bond donors (Lipinski definition) is 2. The predicted octanol–water partition coefficient (Wildman–Crippen LogP) is 3.36. The van der Waals surface area contributed by atoms with E-state index in [1.54, 1.807) is 31.4 Å². The van der Waals surface area contributed by atoms with Crippen LogP contribution in [0.15, 0.2) is 48.5 Å². The average molecular weight is 340 g/mol. The van der Waals surface area contributed by atoms with E-state index in [1.807, 2.05) is 18.2 Å². The van der Waals surface area contributed by atoms with Crippen molar-refractivity contribution in [1.29, 1.82) is 0 Å². The summed E-state index contributed by atoms with van der Waals surface area (Å²) >= 11 is 0. The van der Waals surface area contributed by atoms with Crippen LogP contribution in [0.25, 0.3) is 0 Å². The number of nitrogens with one attached hydrogen (secondary N) is 1. The fourth-order valence-electron chi connectivity index (χ4n) is 3.11. The summed E-state index contributed by atoms with van der Waals surface area (Å²) in [5, 5.41) is 13.1. The molecule has 1 amide bonds. The lowest BCUT2D eigenvalue weighted by Gasteiger charge is -2.29. The second kappa shape index (κ2) is 8.03. The summed E-state index contributed by atoms with van der Waals surface area (Å²) in [5.74, 6) is 0.153. The van der Waals surface area contributed by atoms with Crippen molar-refractivity contribution in [3.63, 3.8) is 0 Å². The van der Waals surface area contributed by atoms with E-state index in [2.05, 4.69) is 16.3 Å². The van der Waals surface area contributed by atoms with E-state index in [0.29, 0.717) is 17.0 Å². The van der Waals surface area contributed by atoms with Crippen LogP contribution in [0.1, 0.15) is 30.9 Å². The Morgan fingerprint density at radius 1 is 1.12 bits per heavy atom. The van der Waals surface area contributed by atoms with Crippen LogP contribution in [0, 0.1) is 0 Å². The van der Waals surface area contributed by atoms with Crippen molar-refractivity contribution < 1.29 is 14.6 Å². The highest BCUT2D eigenvalue weighted by Gasteiger charge is 2.18. The first-order valence-electron chi connectivity index (χ1n) is 8.65. The molecule has 5 nitrogen and oxygen atoms in total. The van der Waals surface area contributed by atoms with E-state index < -0.39 is 12.0 Å². The number of aliphatic hydroxyl groups is 1. The molecule has 2 N–H and O–H groups in total. The van der Waals surface area contributed by atoms with Gasteiger partial charge in [0.15, 0.2) is 6.10 Å². The number of ether oxygens (including phenoxy) is 1. The second-order valence-corrected chi connectivity index (χ2v) is 6.27. The maximum atomic E-state index is 12.4. The zero-order valence-electron chi connectivity index (χ0n) is 14.4. The highest BCUT2D eigenvalue weighted by molar-refractivity contribution is 5.95. The number of carbonyl (C=O) groups is 1. The van der Waals surface area contributed by atoms with Crippen LogP contribution in [-0.4, -0.2) is 31.2 Å². The minimum absolute atomic E-state index is 0.455. The van der Waals surface area contributed by atoms with Crippen molar-refractivity contribution >= 4 is 17.3 Å². The normalized spacial score (nSPS) is 15.5. The first kappa shape index (κ1) is 17.3. The number of methoxy groups -OCH3 is 1. The molecule has 0 aromatic heterocycles. The molecule has 1 unspecified atom stereocenters. The van der Waals surface area contributed by atoms with Crippen LogP contribution in [0.4, 0.5) is 11.4 Å². The summed E-state index contributed by atoms with van der Waals surface area (Å²) < 4.78 is 5.14. The molecule has 1 saturated heterocycles. The molecule has 2 aromatic rings. The molecule has 0 radical (unpaired) electrons. The van der Waals surface area contributed by atoms with Crippen molar-refractivity contribution in [1.82, 2.24) is 0 Å². The highest BCUT2D eigenvalue weighted by atomic mass is 16.5. The third-order valence-corrected chi connectivity index (χ3v) is 4.49. The summed E-state index contributed by atoms with van der Waals surface area (Å²) in [4.78, 5) is 14.7. The number of anilines is 2. The minimum Gasteiger partial charge on any atom is -0.497 e. The Bertz CT molecular complexity index is 726. The van der Waals surface area contributed by atoms with Crippen molar-refractivity contribution in [3.05, 3.63) is 54.1 Å². The van der Waals surface area contributed by atoms with Gasteiger partial charge in [-0.15, -0.1) is 0 Å². The molecule has 1 fully saturated rings. The number of aliphatic hydroxyl groups excluding tert-OH is 1. The zero-order valence-corrected chi connectivity index (χ0v) is 14.4. The number of rotatable bonds is 5. The van der Waals surface area contributed by atoms with Crippen molar-refractivity contribution in [2.75, 3.05) is 30.4 Å². The molecule has 3 rings (SSSR count). The molecule has 2 aromatic carbocycles.